The zero-order valence-electron chi connectivity index (χ0n) is 9.38. The van der Waals surface area contributed by atoms with Crippen molar-refractivity contribution in [3.05, 3.63) is 40.4 Å². The van der Waals surface area contributed by atoms with Gasteiger partial charge in [0.25, 0.3) is 5.91 Å². The minimum absolute atomic E-state index is 0.0477. The number of benzene rings is 1. The van der Waals surface area contributed by atoms with Gasteiger partial charge in [0.05, 0.1) is 11.3 Å². The van der Waals surface area contributed by atoms with Crippen LogP contribution in [0.3, 0.4) is 0 Å². The molecule has 0 radical (unpaired) electrons. The van der Waals surface area contributed by atoms with E-state index in [0.29, 0.717) is 0 Å². The number of nitrogens with one attached hydrogen (secondary N) is 1. The Morgan fingerprint density at radius 2 is 2.17 bits per heavy atom. The van der Waals surface area contributed by atoms with Gasteiger partial charge < -0.3 is 10.4 Å². The number of aryl methyl sites for hydroxylation is 1. The van der Waals surface area contributed by atoms with Crippen LogP contribution in [0.2, 0.25) is 0 Å². The van der Waals surface area contributed by atoms with Crippen LogP contribution in [0, 0.1) is 6.92 Å². The first kappa shape index (κ1) is 12.2. The Bertz CT molecular complexity index is 596. The molecule has 0 spiro atoms. The summed E-state index contributed by atoms with van der Waals surface area (Å²) in [4.78, 5) is 22.8. The van der Waals surface area contributed by atoms with Crippen LogP contribution in [0.15, 0.2) is 23.6 Å². The summed E-state index contributed by atoms with van der Waals surface area (Å²) in [5, 5.41) is 16.7. The molecule has 7 heteroatoms. The van der Waals surface area contributed by atoms with E-state index in [1.807, 2.05) is 0 Å². The number of hydrogen-bond acceptors (Lipinski definition) is 5. The number of nitrogens with zero attached hydrogens (tertiary/aromatic N) is 2. The molecule has 1 amide bonds. The molecule has 92 valence electrons. The number of hydrogen-bond donors (Lipinski definition) is 2. The summed E-state index contributed by atoms with van der Waals surface area (Å²) in [6, 6.07) is 4.77. The summed E-state index contributed by atoms with van der Waals surface area (Å²) in [6.07, 6.45) is 0. The lowest BCUT2D eigenvalue weighted by Crippen LogP contribution is -2.15. The molecule has 6 nitrogen and oxygen atoms in total. The van der Waals surface area contributed by atoms with Gasteiger partial charge in [-0.05, 0) is 30.6 Å². The number of aromatic carboxylic acids is 1. The summed E-state index contributed by atoms with van der Waals surface area (Å²) in [5.41, 5.74) is 1.26. The Kier molecular flexibility index (Phi) is 3.33. The normalized spacial score (nSPS) is 10.1. The zero-order valence-corrected chi connectivity index (χ0v) is 10.2. The van der Waals surface area contributed by atoms with Crippen LogP contribution in [0.4, 0.5) is 5.69 Å². The van der Waals surface area contributed by atoms with Crippen LogP contribution >= 0.6 is 11.5 Å². The standard InChI is InChI=1S/C11H9N3O3S/c1-6-2-3-8(7(4-6)11(16)17)12-10(15)9-5-18-14-13-9/h2-5H,1H3,(H,12,15)(H,16,17). The molecular weight excluding hydrogens is 254 g/mol. The minimum Gasteiger partial charge on any atom is -0.478 e. The maximum Gasteiger partial charge on any atom is 0.337 e. The van der Waals surface area contributed by atoms with E-state index in [-0.39, 0.29) is 16.9 Å². The zero-order chi connectivity index (χ0) is 13.1. The highest BCUT2D eigenvalue weighted by Crippen LogP contribution is 2.18. The first-order valence-corrected chi connectivity index (χ1v) is 5.84. The van der Waals surface area contributed by atoms with Gasteiger partial charge in [-0.15, -0.1) is 5.10 Å². The van der Waals surface area contributed by atoms with Gasteiger partial charge in [0.2, 0.25) is 0 Å². The third-order valence-electron chi connectivity index (χ3n) is 2.25. The highest BCUT2D eigenvalue weighted by atomic mass is 32.1. The first-order valence-electron chi connectivity index (χ1n) is 5.00. The number of carbonyl (C=O) groups is 2. The van der Waals surface area contributed by atoms with Crippen molar-refractivity contribution in [2.24, 2.45) is 0 Å². The lowest BCUT2D eigenvalue weighted by Gasteiger charge is -2.07. The molecule has 0 bridgehead atoms. The van der Waals surface area contributed by atoms with Crippen molar-refractivity contribution in [1.29, 1.82) is 0 Å². The monoisotopic (exact) mass is 263 g/mol. The number of rotatable bonds is 3. The number of anilines is 1. The second kappa shape index (κ2) is 4.92. The Morgan fingerprint density at radius 3 is 2.78 bits per heavy atom. The van der Waals surface area contributed by atoms with Gasteiger partial charge in [-0.25, -0.2) is 4.79 Å². The maximum atomic E-state index is 11.7. The average molecular weight is 263 g/mol. The van der Waals surface area contributed by atoms with Gasteiger partial charge in [-0.3, -0.25) is 4.79 Å². The quantitative estimate of drug-likeness (QED) is 0.880. The molecule has 0 aliphatic rings. The molecule has 1 heterocycles. The minimum atomic E-state index is -1.09. The Labute approximate surface area is 106 Å². The lowest BCUT2D eigenvalue weighted by molar-refractivity contribution is 0.0698. The molecule has 2 aromatic rings. The van der Waals surface area contributed by atoms with Crippen LogP contribution < -0.4 is 5.32 Å². The summed E-state index contributed by atoms with van der Waals surface area (Å²) in [7, 11) is 0. The molecular formula is C11H9N3O3S. The lowest BCUT2D eigenvalue weighted by atomic mass is 10.1. The van der Waals surface area contributed by atoms with E-state index in [9.17, 15) is 9.59 Å². The fourth-order valence-corrected chi connectivity index (χ4v) is 1.83. The molecule has 2 rings (SSSR count). The van der Waals surface area contributed by atoms with Gasteiger partial charge in [0.1, 0.15) is 0 Å². The smallest absolute Gasteiger partial charge is 0.337 e. The highest BCUT2D eigenvalue weighted by molar-refractivity contribution is 7.03. The van der Waals surface area contributed by atoms with Crippen molar-refractivity contribution in [3.63, 3.8) is 0 Å². The van der Waals surface area contributed by atoms with E-state index in [4.69, 9.17) is 5.11 Å². The molecule has 0 atom stereocenters. The SMILES string of the molecule is Cc1ccc(NC(=O)c2csnn2)c(C(=O)O)c1. The van der Waals surface area contributed by atoms with Crippen molar-refractivity contribution < 1.29 is 14.7 Å². The molecule has 0 aliphatic heterocycles. The summed E-state index contributed by atoms with van der Waals surface area (Å²) in [5.74, 6) is -1.57. The molecule has 1 aromatic heterocycles. The van der Waals surface area contributed by atoms with Gasteiger partial charge in [0.15, 0.2) is 5.69 Å². The van der Waals surface area contributed by atoms with Crippen molar-refractivity contribution in [2.75, 3.05) is 5.32 Å². The molecule has 0 unspecified atom stereocenters. The average Bonchev–Trinajstić information content (AvgIpc) is 2.84. The summed E-state index contributed by atoms with van der Waals surface area (Å²) >= 11 is 1.05. The molecule has 0 aliphatic carbocycles. The van der Waals surface area contributed by atoms with Gasteiger partial charge >= 0.3 is 5.97 Å². The predicted molar refractivity (Wildman–Crippen MR) is 66.0 cm³/mol. The molecule has 0 saturated carbocycles. The van der Waals surface area contributed by atoms with Crippen molar-refractivity contribution in [1.82, 2.24) is 9.59 Å². The van der Waals surface area contributed by atoms with Crippen LogP contribution in [0.5, 0.6) is 0 Å². The van der Waals surface area contributed by atoms with Gasteiger partial charge in [-0.2, -0.15) is 0 Å². The second-order valence-electron chi connectivity index (χ2n) is 3.60. The second-order valence-corrected chi connectivity index (χ2v) is 4.21. The largest absolute Gasteiger partial charge is 0.478 e. The van der Waals surface area contributed by atoms with E-state index in [1.54, 1.807) is 19.1 Å². The van der Waals surface area contributed by atoms with Crippen molar-refractivity contribution in [3.8, 4) is 0 Å². The number of amides is 1. The van der Waals surface area contributed by atoms with Crippen LogP contribution in [0.1, 0.15) is 26.4 Å². The van der Waals surface area contributed by atoms with Gasteiger partial charge in [-0.1, -0.05) is 16.1 Å². The van der Waals surface area contributed by atoms with Crippen molar-refractivity contribution in [2.45, 2.75) is 6.92 Å². The first-order chi connectivity index (χ1) is 8.58. The van der Waals surface area contributed by atoms with Crippen LogP contribution in [-0.4, -0.2) is 26.6 Å². The molecule has 0 saturated heterocycles. The number of carboxylic acids is 1. The van der Waals surface area contributed by atoms with Gasteiger partial charge in [0, 0.05) is 5.38 Å². The number of carbonyl (C=O) groups excluding carboxylic acids is 1. The van der Waals surface area contributed by atoms with Crippen molar-refractivity contribution >= 4 is 29.1 Å². The van der Waals surface area contributed by atoms with E-state index < -0.39 is 11.9 Å². The maximum absolute atomic E-state index is 11.7. The molecule has 18 heavy (non-hydrogen) atoms. The van der Waals surface area contributed by atoms with E-state index in [0.717, 1.165) is 17.1 Å². The fraction of sp³-hybridized carbons (Fsp3) is 0.0909. The van der Waals surface area contributed by atoms with E-state index >= 15 is 0 Å². The van der Waals surface area contributed by atoms with Crippen LogP contribution in [-0.2, 0) is 0 Å². The Balaban J connectivity index is 2.29. The molecule has 1 aromatic carbocycles. The third kappa shape index (κ3) is 2.51. The number of carboxylic acid groups (broad SMARTS) is 1. The fourth-order valence-electron chi connectivity index (χ4n) is 1.39. The Morgan fingerprint density at radius 1 is 1.39 bits per heavy atom. The third-order valence-corrected chi connectivity index (χ3v) is 2.75. The molecule has 2 N–H and O–H groups in total. The number of aromatic nitrogens is 2. The van der Waals surface area contributed by atoms with Crippen LogP contribution in [0.25, 0.3) is 0 Å². The predicted octanol–water partition coefficient (Wildman–Crippen LogP) is 1.80. The molecule has 0 fully saturated rings. The summed E-state index contributed by atoms with van der Waals surface area (Å²) < 4.78 is 3.57. The topological polar surface area (TPSA) is 92.2 Å². The summed E-state index contributed by atoms with van der Waals surface area (Å²) in [6.45, 7) is 1.78. The highest BCUT2D eigenvalue weighted by Gasteiger charge is 2.15. The van der Waals surface area contributed by atoms with E-state index in [2.05, 4.69) is 14.9 Å². The Hall–Kier alpha value is -2.28. The van der Waals surface area contributed by atoms with E-state index in [1.165, 1.54) is 11.4 Å².